The lowest BCUT2D eigenvalue weighted by Gasteiger charge is -2.23. The van der Waals surface area contributed by atoms with Crippen molar-refractivity contribution < 1.29 is 28.7 Å². The Morgan fingerprint density at radius 3 is 2.11 bits per heavy atom. The molecule has 0 spiro atoms. The minimum absolute atomic E-state index is 0.0804. The summed E-state index contributed by atoms with van der Waals surface area (Å²) in [6.07, 6.45) is 1.32. The van der Waals surface area contributed by atoms with Gasteiger partial charge in [-0.2, -0.15) is 0 Å². The van der Waals surface area contributed by atoms with E-state index in [1.807, 2.05) is 13.8 Å². The molecule has 0 aliphatic rings. The zero-order chi connectivity index (χ0) is 27.9. The van der Waals surface area contributed by atoms with E-state index in [9.17, 15) is 19.2 Å². The Bertz CT molecular complexity index is 1050. The molecule has 0 unspecified atom stereocenters. The number of nitrogens with zero attached hydrogens (tertiary/aromatic N) is 4. The SMILES string of the molecule is CC(=O)[C@H](C)NC(=O)[C@@H](NC(=O)CCOCCOCCNC(=O)c1ccc(-c2nncnn2)cc1)C(C)C. The molecule has 0 saturated heterocycles. The molecule has 0 aliphatic carbocycles. The molecular formula is C25H35N7O6. The average Bonchev–Trinajstić information content (AvgIpc) is 2.90. The molecule has 1 aromatic heterocycles. The van der Waals surface area contributed by atoms with Gasteiger partial charge in [0, 0.05) is 24.1 Å². The number of hydrogen-bond donors (Lipinski definition) is 3. The summed E-state index contributed by atoms with van der Waals surface area (Å²) in [7, 11) is 0. The van der Waals surface area contributed by atoms with Gasteiger partial charge in [0.1, 0.15) is 6.04 Å². The highest BCUT2D eigenvalue weighted by atomic mass is 16.5. The summed E-state index contributed by atoms with van der Waals surface area (Å²) in [6.45, 7) is 7.97. The monoisotopic (exact) mass is 529 g/mol. The molecule has 206 valence electrons. The summed E-state index contributed by atoms with van der Waals surface area (Å²) in [5, 5.41) is 23.2. The second kappa shape index (κ2) is 16.1. The van der Waals surface area contributed by atoms with Gasteiger partial charge in [-0.15, -0.1) is 20.4 Å². The van der Waals surface area contributed by atoms with Crippen molar-refractivity contribution in [2.75, 3.05) is 33.0 Å². The topological polar surface area (TPSA) is 174 Å². The van der Waals surface area contributed by atoms with Gasteiger partial charge in [0.25, 0.3) is 5.91 Å². The summed E-state index contributed by atoms with van der Waals surface area (Å²) < 4.78 is 10.8. The molecule has 2 rings (SSSR count). The molecule has 0 saturated carbocycles. The second-order valence-corrected chi connectivity index (χ2v) is 8.81. The van der Waals surface area contributed by atoms with Crippen molar-refractivity contribution in [2.45, 2.75) is 46.2 Å². The van der Waals surface area contributed by atoms with Crippen molar-refractivity contribution in [1.29, 1.82) is 0 Å². The van der Waals surface area contributed by atoms with E-state index in [4.69, 9.17) is 9.47 Å². The standard InChI is InChI=1S/C25H35N7O6/c1-16(2)22(25(36)29-17(3)18(4)33)30-21(34)9-11-37-13-14-38-12-10-26-24(35)20-7-5-19(6-8-20)23-31-27-15-28-32-23/h5-8,15-17,22H,9-14H2,1-4H3,(H,26,35)(H,29,36)(H,30,34)/t17-,22-/m0/s1. The smallest absolute Gasteiger partial charge is 0.251 e. The summed E-state index contributed by atoms with van der Waals surface area (Å²) in [5.41, 5.74) is 1.19. The number of amides is 3. The van der Waals surface area contributed by atoms with E-state index >= 15 is 0 Å². The zero-order valence-electron chi connectivity index (χ0n) is 22.1. The van der Waals surface area contributed by atoms with Gasteiger partial charge in [0.2, 0.25) is 17.6 Å². The normalized spacial score (nSPS) is 12.4. The maximum Gasteiger partial charge on any atom is 0.251 e. The van der Waals surface area contributed by atoms with Crippen LogP contribution in [0.4, 0.5) is 0 Å². The zero-order valence-corrected chi connectivity index (χ0v) is 22.1. The van der Waals surface area contributed by atoms with Crippen molar-refractivity contribution in [3.63, 3.8) is 0 Å². The van der Waals surface area contributed by atoms with E-state index in [1.54, 1.807) is 31.2 Å². The maximum atomic E-state index is 12.4. The summed E-state index contributed by atoms with van der Waals surface area (Å²) in [6, 6.07) is 5.40. The molecule has 0 bridgehead atoms. The van der Waals surface area contributed by atoms with Crippen LogP contribution in [-0.4, -0.2) is 89.0 Å². The first-order chi connectivity index (χ1) is 18.2. The van der Waals surface area contributed by atoms with Gasteiger partial charge >= 0.3 is 0 Å². The predicted molar refractivity (Wildman–Crippen MR) is 137 cm³/mol. The minimum atomic E-state index is -0.742. The van der Waals surface area contributed by atoms with Crippen LogP contribution in [0, 0.1) is 5.92 Å². The van der Waals surface area contributed by atoms with Crippen molar-refractivity contribution in [3.8, 4) is 11.4 Å². The number of benzene rings is 1. The molecule has 2 atom stereocenters. The number of rotatable bonds is 16. The fourth-order valence-corrected chi connectivity index (χ4v) is 3.10. The van der Waals surface area contributed by atoms with Crippen LogP contribution in [0.2, 0.25) is 0 Å². The average molecular weight is 530 g/mol. The van der Waals surface area contributed by atoms with Crippen molar-refractivity contribution in [1.82, 2.24) is 36.3 Å². The van der Waals surface area contributed by atoms with Crippen LogP contribution >= 0.6 is 0 Å². The number of Topliss-reactive ketones (excluding diaryl/α,β-unsaturated/α-hetero) is 1. The van der Waals surface area contributed by atoms with Crippen molar-refractivity contribution >= 4 is 23.5 Å². The quantitative estimate of drug-likeness (QED) is 0.257. The van der Waals surface area contributed by atoms with E-state index < -0.39 is 18.0 Å². The van der Waals surface area contributed by atoms with E-state index in [-0.39, 0.29) is 43.2 Å². The Hall–Kier alpha value is -3.84. The lowest BCUT2D eigenvalue weighted by Crippen LogP contribution is -2.52. The molecule has 13 heteroatoms. The molecule has 1 heterocycles. The number of carbonyl (C=O) groups is 4. The van der Waals surface area contributed by atoms with Crippen LogP contribution in [0.5, 0.6) is 0 Å². The van der Waals surface area contributed by atoms with Crippen LogP contribution < -0.4 is 16.0 Å². The highest BCUT2D eigenvalue weighted by Crippen LogP contribution is 2.13. The number of ketones is 1. The molecule has 13 nitrogen and oxygen atoms in total. The van der Waals surface area contributed by atoms with E-state index in [1.165, 1.54) is 13.3 Å². The minimum Gasteiger partial charge on any atom is -0.379 e. The Kier molecular flexibility index (Phi) is 12.9. The molecule has 2 aromatic rings. The third kappa shape index (κ3) is 10.6. The molecular weight excluding hydrogens is 494 g/mol. The molecule has 3 N–H and O–H groups in total. The third-order valence-corrected chi connectivity index (χ3v) is 5.43. The van der Waals surface area contributed by atoms with Gasteiger partial charge in [0.15, 0.2) is 12.1 Å². The van der Waals surface area contributed by atoms with E-state index in [0.29, 0.717) is 36.7 Å². The number of hydrogen-bond acceptors (Lipinski definition) is 10. The summed E-state index contributed by atoms with van der Waals surface area (Å²) in [5.74, 6) is -0.894. The van der Waals surface area contributed by atoms with Crippen molar-refractivity contribution in [2.24, 2.45) is 5.92 Å². The predicted octanol–water partition coefficient (Wildman–Crippen LogP) is 0.321. The van der Waals surface area contributed by atoms with Gasteiger partial charge in [-0.1, -0.05) is 26.0 Å². The molecule has 38 heavy (non-hydrogen) atoms. The first kappa shape index (κ1) is 30.4. The van der Waals surface area contributed by atoms with Gasteiger partial charge in [0.05, 0.1) is 32.5 Å². The Balaban J connectivity index is 1.56. The number of aromatic nitrogens is 4. The molecule has 0 aliphatic heterocycles. The first-order valence-electron chi connectivity index (χ1n) is 12.3. The van der Waals surface area contributed by atoms with Crippen LogP contribution in [0.1, 0.15) is 44.5 Å². The fourth-order valence-electron chi connectivity index (χ4n) is 3.10. The second-order valence-electron chi connectivity index (χ2n) is 8.81. The largest absolute Gasteiger partial charge is 0.379 e. The van der Waals surface area contributed by atoms with Crippen LogP contribution in [-0.2, 0) is 23.9 Å². The fraction of sp³-hybridized carbons (Fsp3) is 0.520. The van der Waals surface area contributed by atoms with Crippen molar-refractivity contribution in [3.05, 3.63) is 36.2 Å². The Morgan fingerprint density at radius 1 is 0.868 bits per heavy atom. The van der Waals surface area contributed by atoms with E-state index in [2.05, 4.69) is 36.3 Å². The van der Waals surface area contributed by atoms with Crippen LogP contribution in [0.25, 0.3) is 11.4 Å². The van der Waals surface area contributed by atoms with Gasteiger partial charge in [-0.25, -0.2) is 0 Å². The molecule has 1 aromatic carbocycles. The third-order valence-electron chi connectivity index (χ3n) is 5.43. The lowest BCUT2D eigenvalue weighted by molar-refractivity contribution is -0.132. The Labute approximate surface area is 221 Å². The number of nitrogens with one attached hydrogen (secondary N) is 3. The molecule has 3 amide bonds. The molecule has 0 radical (unpaired) electrons. The lowest BCUT2D eigenvalue weighted by atomic mass is 10.0. The summed E-state index contributed by atoms with van der Waals surface area (Å²) in [4.78, 5) is 48.2. The van der Waals surface area contributed by atoms with Crippen LogP contribution in [0.15, 0.2) is 30.6 Å². The first-order valence-corrected chi connectivity index (χ1v) is 12.3. The number of ether oxygens (including phenoxy) is 2. The van der Waals surface area contributed by atoms with Crippen LogP contribution in [0.3, 0.4) is 0 Å². The van der Waals surface area contributed by atoms with Gasteiger partial charge in [-0.05, 0) is 31.9 Å². The maximum absolute atomic E-state index is 12.4. The Morgan fingerprint density at radius 2 is 1.50 bits per heavy atom. The summed E-state index contributed by atoms with van der Waals surface area (Å²) >= 11 is 0. The van der Waals surface area contributed by atoms with Gasteiger partial charge < -0.3 is 25.4 Å². The number of carbonyl (C=O) groups excluding carboxylic acids is 4. The van der Waals surface area contributed by atoms with Gasteiger partial charge in [-0.3, -0.25) is 19.2 Å². The highest BCUT2D eigenvalue weighted by molar-refractivity contribution is 5.94. The highest BCUT2D eigenvalue weighted by Gasteiger charge is 2.25. The van der Waals surface area contributed by atoms with E-state index in [0.717, 1.165) is 0 Å². The molecule has 0 fully saturated rings.